The van der Waals surface area contributed by atoms with Crippen LogP contribution in [0.1, 0.15) is 20.8 Å². The van der Waals surface area contributed by atoms with Crippen LogP contribution in [0.2, 0.25) is 0 Å². The molecule has 0 bridgehead atoms. The second-order valence-electron chi connectivity index (χ2n) is 8.03. The first-order valence-electron chi connectivity index (χ1n) is 11.1. The fourth-order valence-corrected chi connectivity index (χ4v) is 5.09. The van der Waals surface area contributed by atoms with E-state index in [1.54, 1.807) is 17.5 Å². The number of rotatable bonds is 7. The first kappa shape index (κ1) is 21.4. The Balaban J connectivity index is 1.28. The van der Waals surface area contributed by atoms with Crippen molar-refractivity contribution in [3.63, 3.8) is 0 Å². The van der Waals surface area contributed by atoms with E-state index in [1.807, 2.05) is 41.4 Å². The molecular formula is C26H26N4O2S. The number of imidazole rings is 1. The first-order chi connectivity index (χ1) is 16.3. The molecule has 1 amide bonds. The van der Waals surface area contributed by atoms with Crippen molar-refractivity contribution in [3.8, 4) is 11.1 Å². The SMILES string of the molecule is O=C(NCc1ccc(Cn2ccnc2)cc1)c1cc(-c2ccccc2)c(N2CCOCC2)s1. The Labute approximate surface area is 197 Å². The van der Waals surface area contributed by atoms with Gasteiger partial charge in [-0.05, 0) is 22.8 Å². The lowest BCUT2D eigenvalue weighted by atomic mass is 10.1. The van der Waals surface area contributed by atoms with E-state index in [9.17, 15) is 4.79 Å². The molecule has 0 spiro atoms. The zero-order chi connectivity index (χ0) is 22.5. The highest BCUT2D eigenvalue weighted by Crippen LogP contribution is 2.39. The Bertz CT molecular complexity index is 1180. The molecule has 5 rings (SSSR count). The maximum absolute atomic E-state index is 13.0. The molecule has 2 aromatic heterocycles. The van der Waals surface area contributed by atoms with Crippen LogP contribution in [-0.2, 0) is 17.8 Å². The molecule has 0 atom stereocenters. The molecule has 0 unspecified atom stereocenters. The number of carbonyl (C=O) groups excluding carboxylic acids is 1. The summed E-state index contributed by atoms with van der Waals surface area (Å²) in [4.78, 5) is 20.2. The molecular weight excluding hydrogens is 432 g/mol. The molecule has 1 aliphatic heterocycles. The Morgan fingerprint density at radius 1 is 1.03 bits per heavy atom. The molecule has 1 fully saturated rings. The molecule has 7 heteroatoms. The van der Waals surface area contributed by atoms with Gasteiger partial charge in [-0.2, -0.15) is 0 Å². The highest BCUT2D eigenvalue weighted by Gasteiger charge is 2.21. The fraction of sp³-hybridized carbons (Fsp3) is 0.231. The summed E-state index contributed by atoms with van der Waals surface area (Å²) in [5.74, 6) is -0.0424. The maximum Gasteiger partial charge on any atom is 0.261 e. The van der Waals surface area contributed by atoms with Crippen molar-refractivity contribution >= 4 is 22.2 Å². The minimum absolute atomic E-state index is 0.0424. The predicted octanol–water partition coefficient (Wildman–Crippen LogP) is 4.43. The van der Waals surface area contributed by atoms with Gasteiger partial charge in [-0.1, -0.05) is 54.6 Å². The summed E-state index contributed by atoms with van der Waals surface area (Å²) in [6.07, 6.45) is 5.54. The smallest absolute Gasteiger partial charge is 0.261 e. The van der Waals surface area contributed by atoms with Gasteiger partial charge < -0.3 is 19.5 Å². The highest BCUT2D eigenvalue weighted by atomic mass is 32.1. The fourth-order valence-electron chi connectivity index (χ4n) is 3.94. The third-order valence-corrected chi connectivity index (χ3v) is 6.91. The van der Waals surface area contributed by atoms with E-state index < -0.39 is 0 Å². The molecule has 4 aromatic rings. The molecule has 2 aromatic carbocycles. The predicted molar refractivity (Wildman–Crippen MR) is 132 cm³/mol. The van der Waals surface area contributed by atoms with Crippen molar-refractivity contribution in [3.05, 3.63) is 95.4 Å². The van der Waals surface area contributed by atoms with Crippen LogP contribution in [-0.4, -0.2) is 41.8 Å². The number of aromatic nitrogens is 2. The minimum atomic E-state index is -0.0424. The number of hydrogen-bond donors (Lipinski definition) is 1. The van der Waals surface area contributed by atoms with Crippen molar-refractivity contribution in [1.29, 1.82) is 0 Å². The largest absolute Gasteiger partial charge is 0.378 e. The third kappa shape index (κ3) is 5.16. The summed E-state index contributed by atoms with van der Waals surface area (Å²) < 4.78 is 7.56. The highest BCUT2D eigenvalue weighted by molar-refractivity contribution is 7.18. The molecule has 1 saturated heterocycles. The van der Waals surface area contributed by atoms with Crippen LogP contribution in [0.3, 0.4) is 0 Å². The van der Waals surface area contributed by atoms with E-state index in [1.165, 1.54) is 5.56 Å². The summed E-state index contributed by atoms with van der Waals surface area (Å²) in [5, 5.41) is 4.23. The number of benzene rings is 2. The summed E-state index contributed by atoms with van der Waals surface area (Å²) in [6.45, 7) is 4.39. The summed E-state index contributed by atoms with van der Waals surface area (Å²) in [6, 6.07) is 20.6. The quantitative estimate of drug-likeness (QED) is 0.445. The first-order valence-corrected chi connectivity index (χ1v) is 11.9. The Kier molecular flexibility index (Phi) is 6.51. The molecule has 0 saturated carbocycles. The number of nitrogens with one attached hydrogen (secondary N) is 1. The van der Waals surface area contributed by atoms with Gasteiger partial charge in [0, 0.05) is 44.1 Å². The van der Waals surface area contributed by atoms with E-state index in [-0.39, 0.29) is 5.91 Å². The van der Waals surface area contributed by atoms with Crippen molar-refractivity contribution < 1.29 is 9.53 Å². The summed E-state index contributed by atoms with van der Waals surface area (Å²) in [5.41, 5.74) is 4.51. The van der Waals surface area contributed by atoms with Crippen LogP contribution < -0.4 is 10.2 Å². The number of carbonyl (C=O) groups is 1. The second-order valence-corrected chi connectivity index (χ2v) is 9.06. The average Bonchev–Trinajstić information content (AvgIpc) is 3.55. The Hall–Kier alpha value is -3.42. The van der Waals surface area contributed by atoms with Crippen LogP contribution >= 0.6 is 11.3 Å². The molecule has 0 radical (unpaired) electrons. The lowest BCUT2D eigenvalue weighted by molar-refractivity contribution is 0.0955. The van der Waals surface area contributed by atoms with Crippen molar-refractivity contribution in [2.24, 2.45) is 0 Å². The Morgan fingerprint density at radius 2 is 1.79 bits per heavy atom. The van der Waals surface area contributed by atoms with Crippen LogP contribution in [0.25, 0.3) is 11.1 Å². The van der Waals surface area contributed by atoms with Crippen molar-refractivity contribution in [1.82, 2.24) is 14.9 Å². The van der Waals surface area contributed by atoms with E-state index in [2.05, 4.69) is 51.6 Å². The van der Waals surface area contributed by atoms with Crippen LogP contribution in [0, 0.1) is 0 Å². The molecule has 3 heterocycles. The van der Waals surface area contributed by atoms with Gasteiger partial charge in [-0.25, -0.2) is 4.98 Å². The maximum atomic E-state index is 13.0. The number of thiophene rings is 1. The van der Waals surface area contributed by atoms with Crippen molar-refractivity contribution in [2.45, 2.75) is 13.1 Å². The third-order valence-electron chi connectivity index (χ3n) is 5.72. The number of anilines is 1. The van der Waals surface area contributed by atoms with Gasteiger partial charge in [0.15, 0.2) is 0 Å². The van der Waals surface area contributed by atoms with Crippen LogP contribution in [0.15, 0.2) is 79.4 Å². The number of morpholine rings is 1. The van der Waals surface area contributed by atoms with E-state index in [0.29, 0.717) is 19.8 Å². The summed E-state index contributed by atoms with van der Waals surface area (Å²) in [7, 11) is 0. The molecule has 33 heavy (non-hydrogen) atoms. The van der Waals surface area contributed by atoms with Gasteiger partial charge >= 0.3 is 0 Å². The lowest BCUT2D eigenvalue weighted by Crippen LogP contribution is -2.35. The monoisotopic (exact) mass is 458 g/mol. The molecule has 0 aliphatic carbocycles. The van der Waals surface area contributed by atoms with Crippen LogP contribution in [0.5, 0.6) is 0 Å². The number of ether oxygens (including phenoxy) is 1. The lowest BCUT2D eigenvalue weighted by Gasteiger charge is -2.28. The van der Waals surface area contributed by atoms with Gasteiger partial charge in [0.25, 0.3) is 5.91 Å². The van der Waals surface area contributed by atoms with E-state index in [0.717, 1.165) is 46.2 Å². The minimum Gasteiger partial charge on any atom is -0.378 e. The topological polar surface area (TPSA) is 59.4 Å². The van der Waals surface area contributed by atoms with Crippen molar-refractivity contribution in [2.75, 3.05) is 31.2 Å². The van der Waals surface area contributed by atoms with E-state index in [4.69, 9.17) is 4.74 Å². The summed E-state index contributed by atoms with van der Waals surface area (Å²) >= 11 is 1.56. The van der Waals surface area contributed by atoms with Gasteiger partial charge in [0.2, 0.25) is 0 Å². The molecule has 6 nitrogen and oxygen atoms in total. The molecule has 1 N–H and O–H groups in total. The molecule has 1 aliphatic rings. The number of amides is 1. The molecule has 168 valence electrons. The zero-order valence-corrected chi connectivity index (χ0v) is 19.1. The van der Waals surface area contributed by atoms with Gasteiger partial charge in [-0.15, -0.1) is 11.3 Å². The van der Waals surface area contributed by atoms with E-state index >= 15 is 0 Å². The average molecular weight is 459 g/mol. The number of hydrogen-bond acceptors (Lipinski definition) is 5. The normalized spacial score (nSPS) is 13.8. The van der Waals surface area contributed by atoms with Crippen LogP contribution in [0.4, 0.5) is 5.00 Å². The number of nitrogens with zero attached hydrogens (tertiary/aromatic N) is 3. The zero-order valence-electron chi connectivity index (χ0n) is 18.3. The standard InChI is InChI=1S/C26H26N4O2S/c31-25(28-17-20-6-8-21(9-7-20)18-29-11-10-27-19-29)24-16-23(22-4-2-1-3-5-22)26(33-24)30-12-14-32-15-13-30/h1-11,16,19H,12-15,17-18H2,(H,28,31). The second kappa shape index (κ2) is 10.0. The van der Waals surface area contributed by atoms with Gasteiger partial charge in [-0.3, -0.25) is 4.79 Å². The van der Waals surface area contributed by atoms with Gasteiger partial charge in [0.1, 0.15) is 0 Å². The Morgan fingerprint density at radius 3 is 2.52 bits per heavy atom. The van der Waals surface area contributed by atoms with Gasteiger partial charge in [0.05, 0.1) is 29.4 Å².